The van der Waals surface area contributed by atoms with Crippen molar-refractivity contribution in [2.24, 2.45) is 5.92 Å². The lowest BCUT2D eigenvalue weighted by atomic mass is 10.0. The number of nitrogens with one attached hydrogen (secondary N) is 1. The van der Waals surface area contributed by atoms with Crippen molar-refractivity contribution in [1.82, 2.24) is 9.88 Å². The van der Waals surface area contributed by atoms with Crippen LogP contribution in [0, 0.1) is 5.92 Å². The van der Waals surface area contributed by atoms with E-state index in [-0.39, 0.29) is 24.0 Å². The molecule has 1 saturated carbocycles. The third-order valence-electron chi connectivity index (χ3n) is 4.96. The maximum atomic E-state index is 12.0. The summed E-state index contributed by atoms with van der Waals surface area (Å²) in [5.74, 6) is 1.04. The van der Waals surface area contributed by atoms with Crippen LogP contribution in [0.5, 0.6) is 5.75 Å². The summed E-state index contributed by atoms with van der Waals surface area (Å²) in [6.07, 6.45) is 4.22. The fourth-order valence-corrected chi connectivity index (χ4v) is 4.42. The van der Waals surface area contributed by atoms with Gasteiger partial charge in [-0.05, 0) is 25.3 Å². The Balaban J connectivity index is 1.64. The van der Waals surface area contributed by atoms with Crippen LogP contribution < -0.4 is 10.1 Å². The van der Waals surface area contributed by atoms with Gasteiger partial charge in [-0.1, -0.05) is 29.5 Å². The van der Waals surface area contributed by atoms with Crippen LogP contribution in [-0.2, 0) is 4.79 Å². The second kappa shape index (κ2) is 7.34. The number of likely N-dealkylation sites (tertiary alicyclic amines) is 1. The maximum Gasteiger partial charge on any atom is 0.229 e. The van der Waals surface area contributed by atoms with Crippen molar-refractivity contribution in [3.8, 4) is 5.75 Å². The largest absolute Gasteiger partial charge is 0.496 e. The van der Waals surface area contributed by atoms with E-state index in [4.69, 9.17) is 4.74 Å². The monoisotopic (exact) mass is 373 g/mol. The Morgan fingerprint density at radius 1 is 1.38 bits per heavy atom. The minimum atomic E-state index is -0.311. The van der Waals surface area contributed by atoms with Gasteiger partial charge in [0.05, 0.1) is 19.3 Å². The molecule has 138 valence electrons. The zero-order valence-electron chi connectivity index (χ0n) is 14.7. The van der Waals surface area contributed by atoms with Gasteiger partial charge in [-0.2, -0.15) is 0 Å². The lowest BCUT2D eigenvalue weighted by molar-refractivity contribution is -0.117. The summed E-state index contributed by atoms with van der Waals surface area (Å²) >= 11 is 1.49. The molecule has 1 aromatic heterocycles. The Morgan fingerprint density at radius 2 is 2.19 bits per heavy atom. The molecule has 1 aliphatic carbocycles. The molecule has 0 spiro atoms. The molecule has 1 saturated heterocycles. The second-order valence-electron chi connectivity index (χ2n) is 6.91. The molecule has 2 N–H and O–H groups in total. The number of hydrogen-bond donors (Lipinski definition) is 2. The first-order valence-electron chi connectivity index (χ1n) is 8.97. The molecular weight excluding hydrogens is 350 g/mol. The first-order valence-corrected chi connectivity index (χ1v) is 9.79. The van der Waals surface area contributed by atoms with Crippen molar-refractivity contribution in [2.45, 2.75) is 31.4 Å². The first kappa shape index (κ1) is 17.5. The number of rotatable bonds is 6. The van der Waals surface area contributed by atoms with Crippen LogP contribution in [0.25, 0.3) is 0 Å². The van der Waals surface area contributed by atoms with Crippen LogP contribution in [0.1, 0.15) is 35.7 Å². The van der Waals surface area contributed by atoms with E-state index in [1.165, 1.54) is 11.3 Å². The minimum absolute atomic E-state index is 0.0487. The average Bonchev–Trinajstić information content (AvgIpc) is 3.28. The molecule has 1 aromatic carbocycles. The molecule has 26 heavy (non-hydrogen) atoms. The van der Waals surface area contributed by atoms with Crippen molar-refractivity contribution >= 4 is 22.4 Å². The SMILES string of the molecule is COc1ccccc1C(c1cnc(NC(=O)C2CC2)s1)N1CC[C@@H](O)C1. The molecule has 4 rings (SSSR count). The fraction of sp³-hybridized carbons (Fsp3) is 0.474. The molecule has 6 nitrogen and oxygen atoms in total. The third kappa shape index (κ3) is 3.60. The highest BCUT2D eigenvalue weighted by Crippen LogP contribution is 2.40. The number of carbonyl (C=O) groups is 1. The summed E-state index contributed by atoms with van der Waals surface area (Å²) in [5, 5.41) is 13.6. The molecule has 2 atom stereocenters. The van der Waals surface area contributed by atoms with Gasteiger partial charge < -0.3 is 15.2 Å². The molecule has 0 bridgehead atoms. The van der Waals surface area contributed by atoms with Crippen LogP contribution in [-0.4, -0.2) is 47.2 Å². The van der Waals surface area contributed by atoms with Gasteiger partial charge in [0.1, 0.15) is 5.75 Å². The Labute approximate surface area is 156 Å². The van der Waals surface area contributed by atoms with Crippen molar-refractivity contribution in [3.63, 3.8) is 0 Å². The van der Waals surface area contributed by atoms with Crippen molar-refractivity contribution in [1.29, 1.82) is 0 Å². The number of hydrogen-bond acceptors (Lipinski definition) is 6. The standard InChI is InChI=1S/C19H23N3O3S/c1-25-15-5-3-2-4-14(15)17(22-9-8-13(23)11-22)16-10-20-19(26-16)21-18(24)12-6-7-12/h2-5,10,12-13,17,23H,6-9,11H2,1H3,(H,20,21,24)/t13-,17?/m1/s1. The topological polar surface area (TPSA) is 74.7 Å². The minimum Gasteiger partial charge on any atom is -0.496 e. The summed E-state index contributed by atoms with van der Waals surface area (Å²) in [6.45, 7) is 1.43. The maximum absolute atomic E-state index is 12.0. The number of methoxy groups -OCH3 is 1. The van der Waals surface area contributed by atoms with Crippen molar-refractivity contribution in [3.05, 3.63) is 40.9 Å². The number of anilines is 1. The molecule has 2 heterocycles. The van der Waals surface area contributed by atoms with Gasteiger partial charge in [-0.3, -0.25) is 9.69 Å². The quantitative estimate of drug-likeness (QED) is 0.814. The summed E-state index contributed by atoms with van der Waals surface area (Å²) in [5.41, 5.74) is 1.05. The van der Waals surface area contributed by atoms with Gasteiger partial charge in [0.15, 0.2) is 5.13 Å². The normalized spacial score (nSPS) is 21.5. The number of thiazole rings is 1. The van der Waals surface area contributed by atoms with E-state index in [0.29, 0.717) is 11.7 Å². The van der Waals surface area contributed by atoms with Gasteiger partial charge in [0.2, 0.25) is 5.91 Å². The highest BCUT2D eigenvalue weighted by Gasteiger charge is 2.33. The van der Waals surface area contributed by atoms with Gasteiger partial charge in [0.25, 0.3) is 0 Å². The number of aliphatic hydroxyl groups is 1. The molecule has 0 radical (unpaired) electrons. The van der Waals surface area contributed by atoms with Gasteiger partial charge in [-0.15, -0.1) is 0 Å². The Morgan fingerprint density at radius 3 is 2.88 bits per heavy atom. The number of ether oxygens (including phenoxy) is 1. The lowest BCUT2D eigenvalue weighted by Crippen LogP contribution is -2.28. The van der Waals surface area contributed by atoms with Gasteiger partial charge >= 0.3 is 0 Å². The van der Waals surface area contributed by atoms with E-state index < -0.39 is 0 Å². The van der Waals surface area contributed by atoms with Crippen LogP contribution >= 0.6 is 11.3 Å². The predicted octanol–water partition coefficient (Wildman–Crippen LogP) is 2.66. The summed E-state index contributed by atoms with van der Waals surface area (Å²) in [6, 6.07) is 7.90. The number of β-amino-alcohol motifs (C(OH)–C–C–N with tert-alkyl or cyclic N) is 1. The highest BCUT2D eigenvalue weighted by molar-refractivity contribution is 7.15. The third-order valence-corrected chi connectivity index (χ3v) is 5.93. The zero-order valence-corrected chi connectivity index (χ0v) is 15.5. The summed E-state index contributed by atoms with van der Waals surface area (Å²) < 4.78 is 5.57. The van der Waals surface area contributed by atoms with Crippen LogP contribution in [0.4, 0.5) is 5.13 Å². The molecule has 2 aromatic rings. The van der Waals surface area contributed by atoms with Crippen LogP contribution in [0.3, 0.4) is 0 Å². The predicted molar refractivity (Wildman–Crippen MR) is 101 cm³/mol. The van der Waals surface area contributed by atoms with E-state index in [1.807, 2.05) is 24.4 Å². The molecule has 1 aliphatic heterocycles. The Hall–Kier alpha value is -1.96. The van der Waals surface area contributed by atoms with Crippen LogP contribution in [0.2, 0.25) is 0 Å². The summed E-state index contributed by atoms with van der Waals surface area (Å²) in [4.78, 5) is 19.7. The number of nitrogens with zero attached hydrogens (tertiary/aromatic N) is 2. The Kier molecular flexibility index (Phi) is 4.93. The van der Waals surface area contributed by atoms with E-state index in [1.54, 1.807) is 7.11 Å². The molecule has 1 amide bonds. The average molecular weight is 373 g/mol. The van der Waals surface area contributed by atoms with E-state index >= 15 is 0 Å². The lowest BCUT2D eigenvalue weighted by Gasteiger charge is -2.28. The molecule has 1 unspecified atom stereocenters. The number of aromatic nitrogens is 1. The van der Waals surface area contributed by atoms with E-state index in [9.17, 15) is 9.90 Å². The molecule has 2 aliphatic rings. The molecule has 2 fully saturated rings. The number of carbonyl (C=O) groups excluding carboxylic acids is 1. The zero-order chi connectivity index (χ0) is 18.1. The van der Waals surface area contributed by atoms with Crippen molar-refractivity contribution in [2.75, 3.05) is 25.5 Å². The van der Waals surface area contributed by atoms with Crippen LogP contribution in [0.15, 0.2) is 30.5 Å². The second-order valence-corrected chi connectivity index (χ2v) is 7.98. The molecular formula is C19H23N3O3S. The van der Waals surface area contributed by atoms with Crippen molar-refractivity contribution < 1.29 is 14.6 Å². The smallest absolute Gasteiger partial charge is 0.229 e. The first-order chi connectivity index (χ1) is 12.7. The van der Waals surface area contributed by atoms with E-state index in [2.05, 4.69) is 21.3 Å². The Bertz CT molecular complexity index is 790. The van der Waals surface area contributed by atoms with Gasteiger partial charge in [0, 0.05) is 35.6 Å². The number of aliphatic hydroxyl groups excluding tert-OH is 1. The van der Waals surface area contributed by atoms with E-state index in [0.717, 1.165) is 42.0 Å². The number of amides is 1. The summed E-state index contributed by atoms with van der Waals surface area (Å²) in [7, 11) is 1.67. The number of benzene rings is 1. The van der Waals surface area contributed by atoms with Gasteiger partial charge in [-0.25, -0.2) is 4.98 Å². The number of para-hydroxylation sites is 1. The fourth-order valence-electron chi connectivity index (χ4n) is 3.45. The molecule has 7 heteroatoms. The highest BCUT2D eigenvalue weighted by atomic mass is 32.1.